The third-order valence-electron chi connectivity index (χ3n) is 5.61. The Kier molecular flexibility index (Phi) is 8.04. The third-order valence-corrected chi connectivity index (χ3v) is 7.95. The van der Waals surface area contributed by atoms with Crippen LogP contribution in [0.2, 0.25) is 5.15 Å². The lowest BCUT2D eigenvalue weighted by molar-refractivity contribution is -0.120. The molecule has 0 unspecified atom stereocenters. The number of carbonyl (C=O) groups excluding carboxylic acids is 1. The van der Waals surface area contributed by atoms with Crippen molar-refractivity contribution < 1.29 is 13.2 Å². The highest BCUT2D eigenvalue weighted by atomic mass is 35.5. The molecule has 1 aliphatic rings. The van der Waals surface area contributed by atoms with Gasteiger partial charge in [-0.25, -0.2) is 13.4 Å². The van der Waals surface area contributed by atoms with Gasteiger partial charge in [-0.05, 0) is 38.1 Å². The molecule has 170 valence electrons. The van der Waals surface area contributed by atoms with Crippen molar-refractivity contribution >= 4 is 33.2 Å². The number of nitrogens with one attached hydrogen (secondary N) is 1. The first kappa shape index (κ1) is 23.6. The number of hydrogen-bond donors (Lipinski definition) is 1. The molecule has 1 amide bonds. The molecule has 0 saturated carbocycles. The quantitative estimate of drug-likeness (QED) is 0.567. The summed E-state index contributed by atoms with van der Waals surface area (Å²) in [6, 6.07) is 2.99. The van der Waals surface area contributed by atoms with Gasteiger partial charge in [0.15, 0.2) is 0 Å². The monoisotopic (exact) mass is 468 g/mol. The van der Waals surface area contributed by atoms with E-state index in [1.54, 1.807) is 12.3 Å². The van der Waals surface area contributed by atoms with E-state index in [1.165, 1.54) is 16.6 Å². The van der Waals surface area contributed by atoms with Crippen molar-refractivity contribution in [3.8, 4) is 0 Å². The molecule has 1 fully saturated rings. The summed E-state index contributed by atoms with van der Waals surface area (Å²) in [5, 5.41) is 7.18. The van der Waals surface area contributed by atoms with E-state index in [1.807, 2.05) is 10.9 Å². The summed E-state index contributed by atoms with van der Waals surface area (Å²) in [5.41, 5.74) is 0.654. The molecule has 3 heterocycles. The van der Waals surface area contributed by atoms with E-state index in [4.69, 9.17) is 11.6 Å². The van der Waals surface area contributed by atoms with E-state index in [2.05, 4.69) is 34.1 Å². The second-order valence-corrected chi connectivity index (χ2v) is 9.74. The number of piperidine rings is 1. The minimum Gasteiger partial charge on any atom is -0.323 e. The van der Waals surface area contributed by atoms with Crippen molar-refractivity contribution in [3.05, 3.63) is 35.9 Å². The fraction of sp³-hybridized carbons (Fsp3) is 0.550. The highest BCUT2D eigenvalue weighted by Gasteiger charge is 2.33. The zero-order valence-electron chi connectivity index (χ0n) is 17.9. The van der Waals surface area contributed by atoms with Gasteiger partial charge in [0.1, 0.15) is 10.0 Å². The predicted molar refractivity (Wildman–Crippen MR) is 119 cm³/mol. The Morgan fingerprint density at radius 2 is 2.00 bits per heavy atom. The first-order valence-corrected chi connectivity index (χ1v) is 12.3. The number of amides is 1. The van der Waals surface area contributed by atoms with Crippen molar-refractivity contribution in [3.63, 3.8) is 0 Å². The predicted octanol–water partition coefficient (Wildman–Crippen LogP) is 2.31. The normalized spacial score (nSPS) is 16.0. The molecule has 11 heteroatoms. The van der Waals surface area contributed by atoms with Crippen LogP contribution in [0, 0.1) is 5.92 Å². The van der Waals surface area contributed by atoms with Crippen molar-refractivity contribution in [2.45, 2.75) is 38.1 Å². The molecule has 0 aliphatic carbocycles. The molecule has 0 aromatic carbocycles. The first-order valence-electron chi connectivity index (χ1n) is 10.5. The van der Waals surface area contributed by atoms with Gasteiger partial charge in [0, 0.05) is 37.9 Å². The van der Waals surface area contributed by atoms with Crippen molar-refractivity contribution in [2.75, 3.05) is 38.0 Å². The van der Waals surface area contributed by atoms with Crippen molar-refractivity contribution in [1.29, 1.82) is 0 Å². The molecule has 1 N–H and O–H groups in total. The summed E-state index contributed by atoms with van der Waals surface area (Å²) in [7, 11) is -3.73. The van der Waals surface area contributed by atoms with Crippen LogP contribution in [0.5, 0.6) is 0 Å². The van der Waals surface area contributed by atoms with E-state index >= 15 is 0 Å². The summed E-state index contributed by atoms with van der Waals surface area (Å²) in [6.45, 7) is 8.40. The van der Waals surface area contributed by atoms with E-state index in [0.29, 0.717) is 18.5 Å². The fourth-order valence-electron chi connectivity index (χ4n) is 3.64. The van der Waals surface area contributed by atoms with Crippen molar-refractivity contribution in [1.82, 2.24) is 24.0 Å². The third kappa shape index (κ3) is 5.82. The van der Waals surface area contributed by atoms with Crippen LogP contribution >= 0.6 is 11.6 Å². The number of anilines is 1. The Hall–Kier alpha value is -2.01. The maximum absolute atomic E-state index is 12.8. The van der Waals surface area contributed by atoms with Gasteiger partial charge in [0.25, 0.3) is 0 Å². The number of likely N-dealkylation sites (N-methyl/N-ethyl adjacent to an activating group) is 1. The maximum atomic E-state index is 12.8. The zero-order valence-corrected chi connectivity index (χ0v) is 19.4. The average molecular weight is 469 g/mol. The van der Waals surface area contributed by atoms with Crippen LogP contribution in [0.3, 0.4) is 0 Å². The standard InChI is InChI=1S/C20H29ClN6O3S/c1-3-25(4-2)12-13-26-15-17(14-23-26)24-20(28)16-7-10-27(11-8-16)31(29,30)18-6-5-9-22-19(18)21/h5-6,9,14-16H,3-4,7-8,10-13H2,1-2H3,(H,24,28). The number of aromatic nitrogens is 3. The Balaban J connectivity index is 1.52. The number of sulfonamides is 1. The molecule has 1 aliphatic heterocycles. The molecule has 0 bridgehead atoms. The van der Waals surface area contributed by atoms with E-state index in [-0.39, 0.29) is 35.0 Å². The van der Waals surface area contributed by atoms with Crippen LogP contribution in [0.4, 0.5) is 5.69 Å². The van der Waals surface area contributed by atoms with Crippen LogP contribution in [0.15, 0.2) is 35.6 Å². The molecule has 0 radical (unpaired) electrons. The molecule has 3 rings (SSSR count). The van der Waals surface area contributed by atoms with Gasteiger partial charge in [0.2, 0.25) is 15.9 Å². The van der Waals surface area contributed by atoms with Gasteiger partial charge >= 0.3 is 0 Å². The summed E-state index contributed by atoms with van der Waals surface area (Å²) in [5.74, 6) is -0.366. The highest BCUT2D eigenvalue weighted by Crippen LogP contribution is 2.27. The number of nitrogens with zero attached hydrogens (tertiary/aromatic N) is 5. The smallest absolute Gasteiger partial charge is 0.246 e. The topological polar surface area (TPSA) is 100 Å². The number of rotatable bonds is 9. The molecule has 1 saturated heterocycles. The van der Waals surface area contributed by atoms with Gasteiger partial charge < -0.3 is 10.2 Å². The minimum absolute atomic E-state index is 0.00306. The lowest BCUT2D eigenvalue weighted by Crippen LogP contribution is -2.41. The largest absolute Gasteiger partial charge is 0.323 e. The summed E-state index contributed by atoms with van der Waals surface area (Å²) < 4.78 is 28.8. The lowest BCUT2D eigenvalue weighted by atomic mass is 9.97. The number of carbonyl (C=O) groups is 1. The minimum atomic E-state index is -3.73. The molecular formula is C20H29ClN6O3S. The van der Waals surface area contributed by atoms with Gasteiger partial charge in [-0.15, -0.1) is 0 Å². The van der Waals surface area contributed by atoms with Crippen LogP contribution in [-0.2, 0) is 21.4 Å². The Labute approximate surface area is 188 Å². The highest BCUT2D eigenvalue weighted by molar-refractivity contribution is 7.89. The zero-order chi connectivity index (χ0) is 22.4. The first-order chi connectivity index (χ1) is 14.8. The van der Waals surface area contributed by atoms with Gasteiger partial charge in [-0.2, -0.15) is 9.40 Å². The SMILES string of the molecule is CCN(CC)CCn1cc(NC(=O)C2CCN(S(=O)(=O)c3cccnc3Cl)CC2)cn1. The van der Waals surface area contributed by atoms with Gasteiger partial charge in [0.05, 0.1) is 18.4 Å². The van der Waals surface area contributed by atoms with E-state index in [0.717, 1.165) is 26.2 Å². The summed E-state index contributed by atoms with van der Waals surface area (Å²) in [6.07, 6.45) is 5.80. The van der Waals surface area contributed by atoms with Gasteiger partial charge in [-0.3, -0.25) is 9.48 Å². The molecule has 0 spiro atoms. The molecule has 2 aromatic rings. The number of halogens is 1. The average Bonchev–Trinajstić information content (AvgIpc) is 3.22. The van der Waals surface area contributed by atoms with Crippen LogP contribution in [0.25, 0.3) is 0 Å². The molecule has 2 aromatic heterocycles. The molecule has 9 nitrogen and oxygen atoms in total. The fourth-order valence-corrected chi connectivity index (χ4v) is 5.54. The van der Waals surface area contributed by atoms with Gasteiger partial charge in [-0.1, -0.05) is 25.4 Å². The molecule has 0 atom stereocenters. The van der Waals surface area contributed by atoms with E-state index in [9.17, 15) is 13.2 Å². The lowest BCUT2D eigenvalue weighted by Gasteiger charge is -2.30. The maximum Gasteiger partial charge on any atom is 0.246 e. The van der Waals surface area contributed by atoms with E-state index < -0.39 is 10.0 Å². The number of pyridine rings is 1. The Bertz CT molecular complexity index is 984. The van der Waals surface area contributed by atoms with Crippen LogP contribution in [0.1, 0.15) is 26.7 Å². The summed E-state index contributed by atoms with van der Waals surface area (Å²) in [4.78, 5) is 18.8. The second-order valence-electron chi connectivity index (χ2n) is 7.48. The Morgan fingerprint density at radius 3 is 2.65 bits per heavy atom. The molecule has 31 heavy (non-hydrogen) atoms. The summed E-state index contributed by atoms with van der Waals surface area (Å²) >= 11 is 5.96. The van der Waals surface area contributed by atoms with Crippen molar-refractivity contribution in [2.24, 2.45) is 5.92 Å². The van der Waals surface area contributed by atoms with Crippen LogP contribution < -0.4 is 5.32 Å². The number of hydrogen-bond acceptors (Lipinski definition) is 6. The Morgan fingerprint density at radius 1 is 1.29 bits per heavy atom. The second kappa shape index (κ2) is 10.5. The molecular weight excluding hydrogens is 440 g/mol. The van der Waals surface area contributed by atoms with Crippen LogP contribution in [-0.4, -0.2) is 71.0 Å².